The van der Waals surface area contributed by atoms with E-state index in [4.69, 9.17) is 15.1 Å². The van der Waals surface area contributed by atoms with E-state index in [0.717, 1.165) is 149 Å². The molecule has 18 rings (SSSR count). The third-order valence-corrected chi connectivity index (χ3v) is 27.1. The van der Waals surface area contributed by atoms with Crippen LogP contribution in [0, 0.1) is 70.4 Å². The predicted octanol–water partition coefficient (Wildman–Crippen LogP) is 27.8. The molecule has 6 aliphatic rings. The molecule has 0 saturated heterocycles. The Bertz CT molecular complexity index is 5770. The molecule has 9 aromatic carbocycles. The molecule has 6 aliphatic carbocycles. The van der Waals surface area contributed by atoms with Crippen LogP contribution in [0.4, 0.5) is 0 Å². The Morgan fingerprint density at radius 2 is 0.615 bits per heavy atom. The van der Waals surface area contributed by atoms with Gasteiger partial charge in [0.2, 0.25) is 17.1 Å². The Morgan fingerprint density at radius 1 is 0.294 bits per heavy atom. The number of benzene rings is 9. The Kier molecular flexibility index (Phi) is 18.5. The lowest BCUT2D eigenvalue weighted by atomic mass is 9.62. The average molecular weight is 1450 g/mol. The zero-order chi connectivity index (χ0) is 85.0. The lowest BCUT2D eigenvalue weighted by molar-refractivity contribution is -0.660. The van der Waals surface area contributed by atoms with Crippen molar-refractivity contribution in [3.8, 4) is 67.2 Å². The molecule has 0 aliphatic heterocycles. The highest BCUT2D eigenvalue weighted by atomic mass is 14.9. The molecule has 0 amide bonds. The minimum Gasteiger partial charge on any atom is -0.201 e. The van der Waals surface area contributed by atoms with Crippen LogP contribution >= 0.6 is 0 Å². The second-order valence-electron chi connectivity index (χ2n) is 34.0. The van der Waals surface area contributed by atoms with Gasteiger partial charge in [0, 0.05) is 68.0 Å². The van der Waals surface area contributed by atoms with Crippen molar-refractivity contribution in [2.45, 2.75) is 226 Å². The van der Waals surface area contributed by atoms with E-state index >= 15 is 0 Å². The summed E-state index contributed by atoms with van der Waals surface area (Å²) in [6.45, 7) is -0.402. The SMILES string of the molecule is [2H]C([2H])([2H])c1c[n+](C)c(-c2ccccc2C)cc1-c1ccc2cc(C3([2H])CCC4(CCCCC4)CC3)ccc2c1.[2H]C([2H])([2H])c1c[n+](C)c(-c2ccccc2C)cc1-c1ccc2cc(C3CCC(C4([2H])CCCC4)CC3)ccc2c1.[2H]C([2H])([2H])c1c[n+](C)c(-c2ccccc2C)cc1-c1ccc2cc(C3CCC(C4([2H])CCCCC4)CC3)ccc2c1. The summed E-state index contributed by atoms with van der Waals surface area (Å²) in [7, 11) is 5.77. The Morgan fingerprint density at radius 3 is 0.982 bits per heavy atom. The Labute approximate surface area is 671 Å². The highest BCUT2D eigenvalue weighted by Crippen LogP contribution is 2.52. The van der Waals surface area contributed by atoms with Crippen molar-refractivity contribution < 1.29 is 30.2 Å². The maximum atomic E-state index is 9.39. The van der Waals surface area contributed by atoms with Crippen LogP contribution in [0.1, 0.15) is 251 Å². The highest BCUT2D eigenvalue weighted by molar-refractivity contribution is 5.91. The first-order chi connectivity index (χ1) is 57.8. The van der Waals surface area contributed by atoms with E-state index < -0.39 is 26.4 Å². The number of nitrogens with zero attached hydrogens (tertiary/aromatic N) is 3. The minimum absolute atomic E-state index is 0.161. The van der Waals surface area contributed by atoms with Crippen LogP contribution in [0.2, 0.25) is 0 Å². The molecular formula is C106H122N3+3. The molecule has 12 aromatic rings. The minimum atomic E-state index is -2.23. The maximum Gasteiger partial charge on any atom is 0.213 e. The van der Waals surface area contributed by atoms with E-state index in [2.05, 4.69) is 160 Å². The molecule has 109 heavy (non-hydrogen) atoms. The first-order valence-electron chi connectivity index (χ1n) is 47.8. The fourth-order valence-electron chi connectivity index (χ4n) is 20.5. The van der Waals surface area contributed by atoms with E-state index in [1.165, 1.54) is 150 Å². The molecule has 3 heteroatoms. The highest BCUT2D eigenvalue weighted by Gasteiger charge is 2.37. The van der Waals surface area contributed by atoms with Gasteiger partial charge in [-0.15, -0.1) is 0 Å². The lowest BCUT2D eigenvalue weighted by Crippen LogP contribution is -2.31. The number of aryl methyl sites for hydroxylation is 9. The van der Waals surface area contributed by atoms with Crippen molar-refractivity contribution >= 4 is 32.3 Å². The molecule has 1 spiro atoms. The summed E-state index contributed by atoms with van der Waals surface area (Å²) in [6, 6.07) is 70.0. The molecule has 6 fully saturated rings. The first kappa shape index (κ1) is 61.0. The summed E-state index contributed by atoms with van der Waals surface area (Å²) in [5, 5.41) is 6.86. The van der Waals surface area contributed by atoms with Crippen molar-refractivity contribution in [3.63, 3.8) is 0 Å². The first-order valence-corrected chi connectivity index (χ1v) is 41.8. The van der Waals surface area contributed by atoms with Gasteiger partial charge in [-0.05, 0) is 313 Å². The molecule has 0 N–H and O–H groups in total. The van der Waals surface area contributed by atoms with E-state index in [1.54, 1.807) is 18.6 Å². The zero-order valence-corrected chi connectivity index (χ0v) is 65.8. The van der Waals surface area contributed by atoms with Gasteiger partial charge >= 0.3 is 0 Å². The normalized spacial score (nSPS) is 22.7. The van der Waals surface area contributed by atoms with Crippen molar-refractivity contribution in [2.75, 3.05) is 0 Å². The van der Waals surface area contributed by atoms with Gasteiger partial charge < -0.3 is 0 Å². The fourth-order valence-corrected chi connectivity index (χ4v) is 20.5. The molecular weight excluding hydrogens is 1320 g/mol. The van der Waals surface area contributed by atoms with Crippen LogP contribution in [0.5, 0.6) is 0 Å². The molecule has 3 nitrogen and oxygen atoms in total. The van der Waals surface area contributed by atoms with Gasteiger partial charge in [-0.1, -0.05) is 223 Å². The van der Waals surface area contributed by atoms with E-state index in [-0.39, 0.29) is 11.8 Å². The summed E-state index contributed by atoms with van der Waals surface area (Å²) in [4.78, 5) is 0. The Balaban J connectivity index is 0.000000135. The van der Waals surface area contributed by atoms with E-state index in [0.29, 0.717) is 45.8 Å². The number of hydrogen-bond acceptors (Lipinski definition) is 0. The van der Waals surface area contributed by atoms with Crippen LogP contribution in [0.3, 0.4) is 0 Å². The number of aromatic nitrogens is 3. The molecule has 6 saturated carbocycles. The molecule has 3 aromatic heterocycles. The number of hydrogen-bond donors (Lipinski definition) is 0. The standard InChI is InChI=1S/C36H42N.2C35H40N/c1-25-9-7-8-12-34(25)36-23-35(26(2)24-37(36)3)33-20-19-31-21-30(17-18-32(31)22-33)29-15-13-28(14-16-29)27-10-5-4-6-11-27;1-25-9-5-6-10-32(25)34-23-33(26(2)24-36(34)3)31-14-13-29-21-28(11-12-30(29)22-31)27-15-19-35(20-16-27)17-7-4-8-18-35;1-24-8-4-7-11-33(24)35-22-34(25(2)23-36(35)3)32-19-18-30-20-29(16-17-31(30)21-32)28-14-12-27(13-15-28)26-9-5-6-10-26/h7-9,12,17-24,27-29H,4-6,10-11,13-16H2,1-3H3;5-6,9-14,21-24,27H,4,7-8,15-20H2,1-3H3;4,7-8,11,16-23,26-28H,5-6,9-10,12-15H2,1-3H3/q3*+1/i2*2D3,27D;2D3,26D. The number of rotatable bonds is 11. The number of pyridine rings is 3. The number of fused-ring (bicyclic) bond motifs is 3. The van der Waals surface area contributed by atoms with Gasteiger partial charge in [0.15, 0.2) is 18.6 Å². The topological polar surface area (TPSA) is 11.6 Å². The van der Waals surface area contributed by atoms with Crippen molar-refractivity contribution in [1.82, 2.24) is 0 Å². The molecule has 0 radical (unpaired) electrons. The molecule has 0 unspecified atom stereocenters. The van der Waals surface area contributed by atoms with Crippen molar-refractivity contribution in [2.24, 2.45) is 50.2 Å². The molecule has 0 atom stereocenters. The second kappa shape index (κ2) is 33.0. The van der Waals surface area contributed by atoms with Crippen LogP contribution in [0.15, 0.2) is 219 Å². The summed E-state index contributed by atoms with van der Waals surface area (Å²) in [5.74, 6) is 1.41. The molecule has 558 valence electrons. The van der Waals surface area contributed by atoms with Gasteiger partial charge in [-0.25, -0.2) is 13.7 Å². The Hall–Kier alpha value is -8.79. The van der Waals surface area contributed by atoms with Gasteiger partial charge in [0.25, 0.3) is 0 Å². The van der Waals surface area contributed by atoms with E-state index in [9.17, 15) is 1.37 Å². The monoisotopic (exact) mass is 1450 g/mol. The van der Waals surface area contributed by atoms with Crippen LogP contribution in [-0.4, -0.2) is 0 Å². The zero-order valence-electron chi connectivity index (χ0n) is 77.8. The summed E-state index contributed by atoms with van der Waals surface area (Å²) < 4.78 is 108. The molecule has 3 heterocycles. The van der Waals surface area contributed by atoms with Crippen molar-refractivity contribution in [3.05, 3.63) is 269 Å². The quantitative estimate of drug-likeness (QED) is 0.114. The van der Waals surface area contributed by atoms with Gasteiger partial charge in [0.1, 0.15) is 21.1 Å². The average Bonchev–Trinajstić information content (AvgIpc) is 1.01. The summed E-state index contributed by atoms with van der Waals surface area (Å²) in [6.07, 6.45) is 36.4. The smallest absolute Gasteiger partial charge is 0.201 e. The predicted molar refractivity (Wildman–Crippen MR) is 461 cm³/mol. The summed E-state index contributed by atoms with van der Waals surface area (Å²) in [5.41, 5.74) is 20.3. The third-order valence-electron chi connectivity index (χ3n) is 27.1. The third kappa shape index (κ3) is 16.4. The van der Waals surface area contributed by atoms with Crippen LogP contribution < -0.4 is 13.7 Å². The lowest BCUT2D eigenvalue weighted by Gasteiger charge is -2.43. The van der Waals surface area contributed by atoms with Crippen molar-refractivity contribution in [1.29, 1.82) is 0 Å². The molecule has 0 bridgehead atoms. The van der Waals surface area contributed by atoms with Gasteiger partial charge in [-0.2, -0.15) is 0 Å². The largest absolute Gasteiger partial charge is 0.213 e. The fraction of sp³-hybridized carbons (Fsp3) is 0.406. The summed E-state index contributed by atoms with van der Waals surface area (Å²) >= 11 is 0. The maximum absolute atomic E-state index is 9.39. The van der Waals surface area contributed by atoms with Crippen LogP contribution in [-0.2, 0) is 21.1 Å². The van der Waals surface area contributed by atoms with Gasteiger partial charge in [0.05, 0.1) is 0 Å². The van der Waals surface area contributed by atoms with Gasteiger partial charge in [-0.3, -0.25) is 0 Å². The van der Waals surface area contributed by atoms with Crippen LogP contribution in [0.25, 0.3) is 99.5 Å². The van der Waals surface area contributed by atoms with E-state index in [1.807, 2.05) is 95.5 Å². The second-order valence-corrected chi connectivity index (χ2v) is 34.0.